The van der Waals surface area contributed by atoms with Gasteiger partial charge in [-0.2, -0.15) is 13.2 Å². The standard InChI is InChI=1S/C57H60F3N3/c1-26-30(5)38(13)53-47(34(26)9)24-48-35(10)27(2)31(6)39(14)54(48)62(53)51-21-44(43-19-45(57(58,59)60)23-46(20-43)61-18)22-52(42(51)17)63-55-40(15)32(7)28(3)36(11)49(55)25-50-37(12)29(4)33(8)41(16)56(50)63/h19-23H,24-25H2,1-17H3. The molecule has 2 aliphatic heterocycles. The summed E-state index contributed by atoms with van der Waals surface area (Å²) in [6.45, 7) is 45.7. The van der Waals surface area contributed by atoms with Crippen LogP contribution in [0.5, 0.6) is 0 Å². The van der Waals surface area contributed by atoms with Crippen LogP contribution in [-0.4, -0.2) is 0 Å². The van der Waals surface area contributed by atoms with Crippen molar-refractivity contribution in [2.75, 3.05) is 9.80 Å². The van der Waals surface area contributed by atoms with Crippen molar-refractivity contribution >= 4 is 39.8 Å². The van der Waals surface area contributed by atoms with E-state index in [1.165, 1.54) is 117 Å². The highest BCUT2D eigenvalue weighted by Gasteiger charge is 2.38. The fourth-order valence-corrected chi connectivity index (χ4v) is 10.9. The molecule has 0 saturated heterocycles. The Bertz CT molecular complexity index is 2770. The summed E-state index contributed by atoms with van der Waals surface area (Å²) in [5.74, 6) is 0. The number of rotatable bonds is 3. The van der Waals surface area contributed by atoms with Gasteiger partial charge in [-0.05, 0) is 276 Å². The Morgan fingerprint density at radius 3 is 0.952 bits per heavy atom. The lowest BCUT2D eigenvalue weighted by molar-refractivity contribution is -0.137. The van der Waals surface area contributed by atoms with E-state index in [0.29, 0.717) is 11.1 Å². The van der Waals surface area contributed by atoms with Crippen molar-refractivity contribution in [2.45, 2.75) is 137 Å². The van der Waals surface area contributed by atoms with Gasteiger partial charge in [0.1, 0.15) is 0 Å². The van der Waals surface area contributed by atoms with Crippen LogP contribution in [-0.2, 0) is 19.0 Å². The Labute approximate surface area is 373 Å². The molecule has 0 aliphatic carbocycles. The summed E-state index contributed by atoms with van der Waals surface area (Å²) in [5, 5.41) is 0. The molecule has 0 bridgehead atoms. The quantitative estimate of drug-likeness (QED) is 0.164. The van der Waals surface area contributed by atoms with Crippen molar-refractivity contribution in [1.29, 1.82) is 0 Å². The molecule has 2 heterocycles. The van der Waals surface area contributed by atoms with Gasteiger partial charge in [0.2, 0.25) is 0 Å². The Kier molecular flexibility index (Phi) is 10.4. The van der Waals surface area contributed by atoms with Crippen LogP contribution in [0.2, 0.25) is 0 Å². The number of alkyl halides is 3. The first-order chi connectivity index (χ1) is 29.4. The minimum Gasteiger partial charge on any atom is -0.309 e. The van der Waals surface area contributed by atoms with E-state index in [9.17, 15) is 13.2 Å². The van der Waals surface area contributed by atoms with E-state index in [1.54, 1.807) is 6.07 Å². The van der Waals surface area contributed by atoms with Crippen LogP contribution in [0.15, 0.2) is 30.3 Å². The fraction of sp³-hybridized carbons (Fsp3) is 0.351. The highest BCUT2D eigenvalue weighted by atomic mass is 19.4. The summed E-state index contributed by atoms with van der Waals surface area (Å²) in [4.78, 5) is 8.51. The first-order valence-electron chi connectivity index (χ1n) is 22.2. The summed E-state index contributed by atoms with van der Waals surface area (Å²) in [6.07, 6.45) is -3.06. The molecule has 0 amide bonds. The molecule has 0 aromatic heterocycles. The summed E-state index contributed by atoms with van der Waals surface area (Å²) in [6, 6.07) is 7.99. The molecule has 324 valence electrons. The molecule has 8 rings (SSSR count). The number of nitrogens with zero attached hydrogens (tertiary/aromatic N) is 3. The van der Waals surface area contributed by atoms with Crippen molar-refractivity contribution in [2.24, 2.45) is 0 Å². The first-order valence-corrected chi connectivity index (χ1v) is 22.2. The second kappa shape index (κ2) is 14.9. The van der Waals surface area contributed by atoms with Crippen molar-refractivity contribution in [1.82, 2.24) is 0 Å². The van der Waals surface area contributed by atoms with Gasteiger partial charge in [0.05, 0.1) is 40.7 Å². The monoisotopic (exact) mass is 843 g/mol. The number of hydrogen-bond donors (Lipinski definition) is 0. The van der Waals surface area contributed by atoms with Crippen LogP contribution in [0.3, 0.4) is 0 Å². The summed E-state index contributed by atoms with van der Waals surface area (Å²) >= 11 is 0. The highest BCUT2D eigenvalue weighted by Crippen LogP contribution is 2.57. The van der Waals surface area contributed by atoms with E-state index in [-0.39, 0.29) is 5.69 Å². The van der Waals surface area contributed by atoms with Gasteiger partial charge in [0.25, 0.3) is 0 Å². The largest absolute Gasteiger partial charge is 0.415 e. The van der Waals surface area contributed by atoms with Crippen LogP contribution < -0.4 is 9.80 Å². The Morgan fingerprint density at radius 1 is 0.381 bits per heavy atom. The maximum atomic E-state index is 14.8. The third-order valence-electron chi connectivity index (χ3n) is 16.3. The third-order valence-corrected chi connectivity index (χ3v) is 16.3. The van der Waals surface area contributed by atoms with Gasteiger partial charge < -0.3 is 9.80 Å². The van der Waals surface area contributed by atoms with Gasteiger partial charge in [0, 0.05) is 18.4 Å². The van der Waals surface area contributed by atoms with Crippen LogP contribution in [0.4, 0.5) is 53.0 Å². The zero-order valence-corrected chi connectivity index (χ0v) is 40.3. The van der Waals surface area contributed by atoms with E-state index < -0.39 is 11.7 Å². The van der Waals surface area contributed by atoms with Gasteiger partial charge >= 0.3 is 6.18 Å². The van der Waals surface area contributed by atoms with Gasteiger partial charge in [-0.3, -0.25) is 0 Å². The zero-order chi connectivity index (χ0) is 46.2. The third kappa shape index (κ3) is 6.28. The normalized spacial score (nSPS) is 13.2. The summed E-state index contributed by atoms with van der Waals surface area (Å²) in [5.41, 5.74) is 32.5. The molecule has 6 aromatic carbocycles. The van der Waals surface area contributed by atoms with Gasteiger partial charge in [-0.25, -0.2) is 4.85 Å². The molecular formula is C57H60F3N3. The summed E-state index contributed by atoms with van der Waals surface area (Å²) < 4.78 is 44.3. The van der Waals surface area contributed by atoms with Crippen LogP contribution in [0.25, 0.3) is 16.0 Å². The Balaban J connectivity index is 1.62. The molecule has 0 radical (unpaired) electrons. The molecular weight excluding hydrogens is 784 g/mol. The average Bonchev–Trinajstić information content (AvgIpc) is 3.26. The molecule has 0 unspecified atom stereocenters. The Hall–Kier alpha value is -5.80. The SMILES string of the molecule is [C-]#[N+]c1cc(-c2cc(N3c4c(C)c(C)c(C)c(C)c4Cc4c(C)c(C)c(C)c(C)c43)c(C)c(N3c4c(C)c(C)c(C)c(C)c4Cc4c(C)c(C)c(C)c(C)c43)c2)cc(C(F)(F)F)c1. The molecule has 0 atom stereocenters. The molecule has 6 heteroatoms. The summed E-state index contributed by atoms with van der Waals surface area (Å²) in [7, 11) is 0. The van der Waals surface area contributed by atoms with E-state index >= 15 is 0 Å². The maximum absolute atomic E-state index is 14.8. The molecule has 0 fully saturated rings. The number of hydrogen-bond acceptors (Lipinski definition) is 2. The molecule has 6 aromatic rings. The maximum Gasteiger partial charge on any atom is 0.415 e. The van der Waals surface area contributed by atoms with Gasteiger partial charge in [-0.15, -0.1) is 0 Å². The lowest BCUT2D eigenvalue weighted by Crippen LogP contribution is -2.27. The van der Waals surface area contributed by atoms with E-state index in [1.807, 2.05) is 0 Å². The van der Waals surface area contributed by atoms with Crippen LogP contribution in [0.1, 0.15) is 122 Å². The number of halogens is 3. The van der Waals surface area contributed by atoms with Crippen molar-refractivity contribution in [3.05, 3.63) is 164 Å². The second-order valence-electron chi connectivity index (χ2n) is 18.9. The predicted octanol–water partition coefficient (Wildman–Crippen LogP) is 16.9. The molecule has 0 spiro atoms. The number of anilines is 6. The number of fused-ring (bicyclic) bond motifs is 4. The molecule has 2 aliphatic rings. The lowest BCUT2D eigenvalue weighted by Gasteiger charge is -2.43. The van der Waals surface area contributed by atoms with Crippen molar-refractivity contribution in [3.63, 3.8) is 0 Å². The highest BCUT2D eigenvalue weighted by molar-refractivity contribution is 5.98. The predicted molar refractivity (Wildman–Crippen MR) is 259 cm³/mol. The molecule has 3 nitrogen and oxygen atoms in total. The number of benzene rings is 6. The fourth-order valence-electron chi connectivity index (χ4n) is 10.9. The van der Waals surface area contributed by atoms with Gasteiger partial charge in [0.15, 0.2) is 5.69 Å². The van der Waals surface area contributed by atoms with E-state index in [0.717, 1.165) is 58.6 Å². The zero-order valence-electron chi connectivity index (χ0n) is 40.3. The molecule has 63 heavy (non-hydrogen) atoms. The minimum atomic E-state index is -4.64. The van der Waals surface area contributed by atoms with E-state index in [2.05, 4.69) is 144 Å². The smallest absolute Gasteiger partial charge is 0.309 e. The minimum absolute atomic E-state index is 0.0453. The Morgan fingerprint density at radius 2 is 0.667 bits per heavy atom. The van der Waals surface area contributed by atoms with Crippen LogP contribution >= 0.6 is 0 Å². The van der Waals surface area contributed by atoms with Crippen molar-refractivity contribution < 1.29 is 13.2 Å². The lowest BCUT2D eigenvalue weighted by atomic mass is 9.79. The molecule has 0 N–H and O–H groups in total. The molecule has 0 saturated carbocycles. The average molecular weight is 844 g/mol. The van der Waals surface area contributed by atoms with E-state index in [4.69, 9.17) is 6.57 Å². The second-order valence-corrected chi connectivity index (χ2v) is 18.9. The van der Waals surface area contributed by atoms with Crippen LogP contribution in [0, 0.1) is 124 Å². The topological polar surface area (TPSA) is 10.8 Å². The van der Waals surface area contributed by atoms with Crippen molar-refractivity contribution in [3.8, 4) is 11.1 Å². The first kappa shape index (κ1) is 43.8. The van der Waals surface area contributed by atoms with Gasteiger partial charge in [-0.1, -0.05) is 0 Å².